The van der Waals surface area contributed by atoms with Crippen molar-refractivity contribution in [2.75, 3.05) is 52.7 Å². The van der Waals surface area contributed by atoms with Gasteiger partial charge in [0, 0.05) is 38.6 Å². The summed E-state index contributed by atoms with van der Waals surface area (Å²) in [5.74, 6) is 0.431. The van der Waals surface area contributed by atoms with Crippen LogP contribution in [0.15, 0.2) is 36.6 Å². The van der Waals surface area contributed by atoms with Crippen molar-refractivity contribution >= 4 is 11.4 Å². The third kappa shape index (κ3) is 3.99. The zero-order valence-corrected chi connectivity index (χ0v) is 16.9. The van der Waals surface area contributed by atoms with Crippen LogP contribution in [0.1, 0.15) is 18.4 Å². The third-order valence-corrected chi connectivity index (χ3v) is 6.86. The summed E-state index contributed by atoms with van der Waals surface area (Å²) in [6.07, 6.45) is 3.63. The van der Waals surface area contributed by atoms with Gasteiger partial charge in [-0.05, 0) is 18.4 Å². The van der Waals surface area contributed by atoms with E-state index in [1.165, 1.54) is 0 Å². The van der Waals surface area contributed by atoms with Crippen molar-refractivity contribution in [2.45, 2.75) is 25.0 Å². The average molecular weight is 399 g/mol. The SMILES string of the molecule is O=C1C(c2ccccc2)=COC2C1CCC1OCN(CCN3CCOCC3)CC12. The number of morpholine rings is 1. The number of ether oxygens (including phenoxy) is 3. The van der Waals surface area contributed by atoms with E-state index in [1.54, 1.807) is 6.26 Å². The first-order valence-electron chi connectivity index (χ1n) is 10.9. The summed E-state index contributed by atoms with van der Waals surface area (Å²) in [5.41, 5.74) is 1.66. The Hall–Kier alpha value is -1.73. The Balaban J connectivity index is 1.25. The molecule has 4 unspecified atom stereocenters. The molecule has 1 saturated carbocycles. The van der Waals surface area contributed by atoms with Gasteiger partial charge >= 0.3 is 0 Å². The number of rotatable bonds is 4. The van der Waals surface area contributed by atoms with Gasteiger partial charge in [0.25, 0.3) is 0 Å². The van der Waals surface area contributed by atoms with E-state index in [2.05, 4.69) is 9.80 Å². The van der Waals surface area contributed by atoms with Crippen molar-refractivity contribution in [1.82, 2.24) is 9.80 Å². The number of nitrogens with zero attached hydrogens (tertiary/aromatic N) is 2. The number of Topliss-reactive ketones (excluding diaryl/α,β-unsaturated/α-hetero) is 1. The zero-order chi connectivity index (χ0) is 19.6. The fraction of sp³-hybridized carbons (Fsp3) is 0.609. The molecule has 0 aromatic heterocycles. The highest BCUT2D eigenvalue weighted by Gasteiger charge is 2.48. The lowest BCUT2D eigenvalue weighted by atomic mass is 9.71. The van der Waals surface area contributed by atoms with Crippen molar-refractivity contribution in [1.29, 1.82) is 0 Å². The summed E-state index contributed by atoms with van der Waals surface area (Å²) < 4.78 is 17.9. The van der Waals surface area contributed by atoms with Crippen molar-refractivity contribution < 1.29 is 19.0 Å². The molecule has 29 heavy (non-hydrogen) atoms. The van der Waals surface area contributed by atoms with E-state index in [9.17, 15) is 4.79 Å². The maximum absolute atomic E-state index is 13.2. The highest BCUT2D eigenvalue weighted by Crippen LogP contribution is 2.41. The monoisotopic (exact) mass is 398 g/mol. The zero-order valence-electron chi connectivity index (χ0n) is 16.9. The lowest BCUT2D eigenvalue weighted by Crippen LogP contribution is -2.57. The maximum atomic E-state index is 13.2. The molecule has 5 rings (SSSR count). The molecule has 0 radical (unpaired) electrons. The van der Waals surface area contributed by atoms with Gasteiger partial charge in [-0.2, -0.15) is 0 Å². The minimum atomic E-state index is -0.0695. The molecule has 1 aromatic rings. The standard InChI is InChI=1S/C23H30N2O4/c26-22-18-6-7-21-19(23(18)28-15-20(22)17-4-2-1-3-5-17)14-25(16-29-21)9-8-24-10-12-27-13-11-24/h1-5,15,18-19,21,23H,6-14,16H2. The van der Waals surface area contributed by atoms with Gasteiger partial charge in [-0.25, -0.2) is 0 Å². The van der Waals surface area contributed by atoms with Crippen LogP contribution in [0.25, 0.3) is 5.57 Å². The molecule has 0 bridgehead atoms. The van der Waals surface area contributed by atoms with Gasteiger partial charge in [0.1, 0.15) is 6.10 Å². The van der Waals surface area contributed by atoms with Crippen molar-refractivity contribution in [3.8, 4) is 0 Å². The summed E-state index contributed by atoms with van der Waals surface area (Å²) in [7, 11) is 0. The molecule has 0 amide bonds. The van der Waals surface area contributed by atoms with E-state index in [0.717, 1.165) is 64.3 Å². The first-order valence-corrected chi connectivity index (χ1v) is 10.9. The van der Waals surface area contributed by atoms with Crippen molar-refractivity contribution in [3.05, 3.63) is 42.2 Å². The number of hydrogen-bond donors (Lipinski definition) is 0. The quantitative estimate of drug-likeness (QED) is 0.774. The van der Waals surface area contributed by atoms with Crippen LogP contribution in [-0.4, -0.2) is 80.5 Å². The van der Waals surface area contributed by atoms with Crippen molar-refractivity contribution in [2.24, 2.45) is 11.8 Å². The average Bonchev–Trinajstić information content (AvgIpc) is 2.79. The van der Waals surface area contributed by atoms with Gasteiger partial charge in [-0.3, -0.25) is 14.6 Å². The lowest BCUT2D eigenvalue weighted by Gasteiger charge is -2.48. The normalized spacial score (nSPS) is 33.4. The molecule has 2 saturated heterocycles. The Morgan fingerprint density at radius 2 is 1.79 bits per heavy atom. The first kappa shape index (κ1) is 19.2. The van der Waals surface area contributed by atoms with Crippen LogP contribution in [0.5, 0.6) is 0 Å². The molecule has 0 N–H and O–H groups in total. The number of benzene rings is 1. The molecule has 4 atom stereocenters. The van der Waals surface area contributed by atoms with E-state index >= 15 is 0 Å². The topological polar surface area (TPSA) is 51.2 Å². The summed E-state index contributed by atoms with van der Waals surface area (Å²) in [6, 6.07) is 9.87. The summed E-state index contributed by atoms with van der Waals surface area (Å²) >= 11 is 0. The van der Waals surface area contributed by atoms with Gasteiger partial charge in [-0.15, -0.1) is 0 Å². The Kier molecular flexibility index (Phi) is 5.68. The van der Waals surface area contributed by atoms with Crippen LogP contribution in [0, 0.1) is 11.8 Å². The molecule has 3 fully saturated rings. The second-order valence-electron chi connectivity index (χ2n) is 8.58. The molecule has 4 aliphatic rings. The highest BCUT2D eigenvalue weighted by atomic mass is 16.5. The summed E-state index contributed by atoms with van der Waals surface area (Å²) in [6.45, 7) is 7.33. The van der Waals surface area contributed by atoms with E-state index in [0.29, 0.717) is 12.3 Å². The van der Waals surface area contributed by atoms with Crippen LogP contribution >= 0.6 is 0 Å². The number of ketones is 1. The third-order valence-electron chi connectivity index (χ3n) is 6.86. The fourth-order valence-corrected chi connectivity index (χ4v) is 5.18. The molecule has 1 aromatic carbocycles. The fourth-order valence-electron chi connectivity index (χ4n) is 5.18. The van der Waals surface area contributed by atoms with E-state index < -0.39 is 0 Å². The first-order chi connectivity index (χ1) is 14.3. The van der Waals surface area contributed by atoms with E-state index in [-0.39, 0.29) is 29.8 Å². The van der Waals surface area contributed by atoms with Gasteiger partial charge in [0.2, 0.25) is 0 Å². The molecule has 1 aliphatic carbocycles. The highest BCUT2D eigenvalue weighted by molar-refractivity contribution is 6.22. The molecule has 6 heteroatoms. The molecular formula is C23H30N2O4. The Bertz CT molecular complexity index is 747. The summed E-state index contributed by atoms with van der Waals surface area (Å²) in [5, 5.41) is 0. The smallest absolute Gasteiger partial charge is 0.173 e. The molecule has 0 spiro atoms. The Morgan fingerprint density at radius 1 is 1.00 bits per heavy atom. The lowest BCUT2D eigenvalue weighted by molar-refractivity contribution is -0.170. The van der Waals surface area contributed by atoms with Gasteiger partial charge < -0.3 is 14.2 Å². The second kappa shape index (κ2) is 8.56. The Labute approximate surface area is 172 Å². The van der Waals surface area contributed by atoms with Gasteiger partial charge in [-0.1, -0.05) is 30.3 Å². The van der Waals surface area contributed by atoms with Crippen LogP contribution < -0.4 is 0 Å². The second-order valence-corrected chi connectivity index (χ2v) is 8.58. The molecule has 6 nitrogen and oxygen atoms in total. The van der Waals surface area contributed by atoms with Crippen molar-refractivity contribution in [3.63, 3.8) is 0 Å². The predicted octanol–water partition coefficient (Wildman–Crippen LogP) is 2.01. The number of hydrogen-bond acceptors (Lipinski definition) is 6. The minimum absolute atomic E-state index is 0.0563. The van der Waals surface area contributed by atoms with Gasteiger partial charge in [0.05, 0.1) is 43.8 Å². The summed E-state index contributed by atoms with van der Waals surface area (Å²) in [4.78, 5) is 18.1. The van der Waals surface area contributed by atoms with Crippen LogP contribution in [0.4, 0.5) is 0 Å². The van der Waals surface area contributed by atoms with E-state index in [4.69, 9.17) is 14.2 Å². The number of fused-ring (bicyclic) bond motifs is 3. The molecule has 3 heterocycles. The number of carbonyl (C=O) groups is 1. The largest absolute Gasteiger partial charge is 0.496 e. The number of carbonyl (C=O) groups excluding carboxylic acids is 1. The van der Waals surface area contributed by atoms with Gasteiger partial charge in [0.15, 0.2) is 5.78 Å². The maximum Gasteiger partial charge on any atom is 0.173 e. The van der Waals surface area contributed by atoms with E-state index in [1.807, 2.05) is 30.3 Å². The minimum Gasteiger partial charge on any atom is -0.496 e. The van der Waals surface area contributed by atoms with Crippen LogP contribution in [0.2, 0.25) is 0 Å². The molecule has 156 valence electrons. The Morgan fingerprint density at radius 3 is 2.62 bits per heavy atom. The molecule has 3 aliphatic heterocycles. The van der Waals surface area contributed by atoms with Crippen LogP contribution in [0.3, 0.4) is 0 Å². The number of allylic oxidation sites excluding steroid dienone is 1. The molecular weight excluding hydrogens is 368 g/mol. The van der Waals surface area contributed by atoms with Crippen LogP contribution in [-0.2, 0) is 19.0 Å². The predicted molar refractivity (Wildman–Crippen MR) is 109 cm³/mol.